The molecule has 1 unspecified atom stereocenters. The van der Waals surface area contributed by atoms with E-state index in [9.17, 15) is 18.4 Å². The Kier molecular flexibility index (Phi) is 5.78. The number of benzene rings is 2. The van der Waals surface area contributed by atoms with Crippen molar-refractivity contribution in [1.82, 2.24) is 10.5 Å². The molecular weight excluding hydrogens is 368 g/mol. The number of nitrogens with one attached hydrogen (secondary N) is 2. The molecule has 1 heterocycles. The summed E-state index contributed by atoms with van der Waals surface area (Å²) in [5.41, 5.74) is 0.714. The number of carbonyl (C=O) groups excluding carboxylic acids is 2. The number of amides is 2. The lowest BCUT2D eigenvalue weighted by molar-refractivity contribution is -0.118. The maximum atomic E-state index is 13.4. The highest BCUT2D eigenvalue weighted by Gasteiger charge is 2.23. The number of aryl methyl sites for hydroxylation is 1. The Hall–Kier alpha value is -3.55. The molecule has 3 aromatic rings. The molecule has 2 aromatic carbocycles. The van der Waals surface area contributed by atoms with Crippen molar-refractivity contribution in [3.63, 3.8) is 0 Å². The number of nitrogens with zero attached hydrogens (tertiary/aromatic N) is 1. The van der Waals surface area contributed by atoms with Crippen molar-refractivity contribution in [3.8, 4) is 0 Å². The molecule has 2 N–H and O–H groups in total. The smallest absolute Gasteiger partial charge is 0.252 e. The number of anilines is 1. The van der Waals surface area contributed by atoms with Gasteiger partial charge in [-0.25, -0.2) is 8.78 Å². The van der Waals surface area contributed by atoms with Crippen LogP contribution in [0.4, 0.5) is 14.6 Å². The minimum absolute atomic E-state index is 0.0953. The van der Waals surface area contributed by atoms with E-state index in [1.807, 2.05) is 30.3 Å². The highest BCUT2D eigenvalue weighted by molar-refractivity contribution is 6.01. The molecule has 0 spiro atoms. The summed E-state index contributed by atoms with van der Waals surface area (Å²) in [6.07, 6.45) is 0.193. The minimum Gasteiger partial charge on any atom is -0.360 e. The summed E-state index contributed by atoms with van der Waals surface area (Å²) in [6.45, 7) is 1.68. The quantitative estimate of drug-likeness (QED) is 0.682. The van der Waals surface area contributed by atoms with Crippen LogP contribution in [-0.4, -0.2) is 23.0 Å². The molecule has 6 nitrogen and oxygen atoms in total. The van der Waals surface area contributed by atoms with Crippen LogP contribution < -0.4 is 10.6 Å². The molecule has 0 aliphatic rings. The van der Waals surface area contributed by atoms with Crippen LogP contribution in [-0.2, 0) is 11.2 Å². The molecule has 0 aliphatic carbocycles. The maximum absolute atomic E-state index is 13.4. The Morgan fingerprint density at radius 3 is 2.46 bits per heavy atom. The van der Waals surface area contributed by atoms with Crippen LogP contribution >= 0.6 is 0 Å². The van der Waals surface area contributed by atoms with E-state index in [1.54, 1.807) is 6.92 Å². The lowest BCUT2D eigenvalue weighted by Gasteiger charge is -2.18. The molecule has 1 atom stereocenters. The third-order valence-corrected chi connectivity index (χ3v) is 3.97. The molecule has 144 valence electrons. The van der Waals surface area contributed by atoms with Gasteiger partial charge in [-0.1, -0.05) is 35.5 Å². The van der Waals surface area contributed by atoms with E-state index < -0.39 is 29.5 Å². The number of carbonyl (C=O) groups is 2. The Labute approximate surface area is 159 Å². The fourth-order valence-electron chi connectivity index (χ4n) is 2.58. The van der Waals surface area contributed by atoms with Gasteiger partial charge >= 0.3 is 0 Å². The Balaban J connectivity index is 1.79. The first-order valence-corrected chi connectivity index (χ1v) is 8.46. The third-order valence-electron chi connectivity index (χ3n) is 3.97. The van der Waals surface area contributed by atoms with Gasteiger partial charge in [-0.15, -0.1) is 0 Å². The highest BCUT2D eigenvalue weighted by atomic mass is 19.2. The SMILES string of the molecule is Cc1cc(NC(=O)C(Cc2ccccc2)NC(=O)c2ccc(F)c(F)c2)no1. The number of hydrogen-bond acceptors (Lipinski definition) is 4. The van der Waals surface area contributed by atoms with Gasteiger partial charge in [0, 0.05) is 18.1 Å². The number of hydrogen-bond donors (Lipinski definition) is 2. The average molecular weight is 385 g/mol. The second-order valence-corrected chi connectivity index (χ2v) is 6.16. The van der Waals surface area contributed by atoms with Crippen LogP contribution in [0.25, 0.3) is 0 Å². The molecule has 0 bridgehead atoms. The first-order valence-electron chi connectivity index (χ1n) is 8.46. The zero-order valence-electron chi connectivity index (χ0n) is 14.9. The predicted octanol–water partition coefficient (Wildman–Crippen LogP) is 3.24. The lowest BCUT2D eigenvalue weighted by Crippen LogP contribution is -2.45. The minimum atomic E-state index is -1.14. The first-order chi connectivity index (χ1) is 13.4. The topological polar surface area (TPSA) is 84.2 Å². The number of halogens is 2. The monoisotopic (exact) mass is 385 g/mol. The summed E-state index contributed by atoms with van der Waals surface area (Å²) in [4.78, 5) is 25.1. The third kappa shape index (κ3) is 4.79. The lowest BCUT2D eigenvalue weighted by atomic mass is 10.0. The molecule has 2 amide bonds. The first kappa shape index (κ1) is 19.2. The largest absolute Gasteiger partial charge is 0.360 e. The van der Waals surface area contributed by atoms with Crippen molar-refractivity contribution in [3.05, 3.63) is 83.1 Å². The highest BCUT2D eigenvalue weighted by Crippen LogP contribution is 2.12. The Morgan fingerprint density at radius 2 is 1.82 bits per heavy atom. The summed E-state index contributed by atoms with van der Waals surface area (Å²) in [5.74, 6) is -2.70. The summed E-state index contributed by atoms with van der Waals surface area (Å²) < 4.78 is 31.4. The molecule has 3 rings (SSSR count). The van der Waals surface area contributed by atoms with E-state index in [1.165, 1.54) is 6.07 Å². The molecule has 0 fully saturated rings. The van der Waals surface area contributed by atoms with Crippen molar-refractivity contribution >= 4 is 17.6 Å². The van der Waals surface area contributed by atoms with Crippen molar-refractivity contribution in [2.45, 2.75) is 19.4 Å². The average Bonchev–Trinajstić information content (AvgIpc) is 3.08. The summed E-state index contributed by atoms with van der Waals surface area (Å²) in [5, 5.41) is 8.82. The van der Waals surface area contributed by atoms with Gasteiger partial charge < -0.3 is 15.2 Å². The zero-order valence-corrected chi connectivity index (χ0v) is 14.9. The second-order valence-electron chi connectivity index (χ2n) is 6.16. The van der Waals surface area contributed by atoms with Gasteiger partial charge in [0.2, 0.25) is 5.91 Å². The molecule has 28 heavy (non-hydrogen) atoms. The van der Waals surface area contributed by atoms with Crippen LogP contribution in [0.3, 0.4) is 0 Å². The van der Waals surface area contributed by atoms with E-state index in [2.05, 4.69) is 15.8 Å². The number of aromatic nitrogens is 1. The van der Waals surface area contributed by atoms with Crippen LogP contribution in [0.5, 0.6) is 0 Å². The fraction of sp³-hybridized carbons (Fsp3) is 0.150. The van der Waals surface area contributed by atoms with Gasteiger partial charge in [0.15, 0.2) is 17.5 Å². The van der Waals surface area contributed by atoms with Crippen molar-refractivity contribution < 1.29 is 22.9 Å². The zero-order chi connectivity index (χ0) is 20.1. The van der Waals surface area contributed by atoms with E-state index in [0.29, 0.717) is 5.76 Å². The standard InChI is InChI=1S/C20H17F2N3O3/c1-12-9-18(25-28-12)24-20(27)17(10-13-5-3-2-4-6-13)23-19(26)14-7-8-15(21)16(22)11-14/h2-9,11,17H,10H2,1H3,(H,23,26)(H,24,25,27). The van der Waals surface area contributed by atoms with Crippen molar-refractivity contribution in [2.24, 2.45) is 0 Å². The molecule has 8 heteroatoms. The van der Waals surface area contributed by atoms with Gasteiger partial charge in [0.05, 0.1) is 0 Å². The fourth-order valence-corrected chi connectivity index (χ4v) is 2.58. The van der Waals surface area contributed by atoms with Gasteiger partial charge in [-0.2, -0.15) is 0 Å². The van der Waals surface area contributed by atoms with E-state index in [4.69, 9.17) is 4.52 Å². The molecule has 1 aromatic heterocycles. The molecule has 0 aliphatic heterocycles. The van der Waals surface area contributed by atoms with Crippen LogP contribution in [0, 0.1) is 18.6 Å². The summed E-state index contributed by atoms with van der Waals surface area (Å²) in [7, 11) is 0. The Morgan fingerprint density at radius 1 is 1.07 bits per heavy atom. The van der Waals surface area contributed by atoms with E-state index in [-0.39, 0.29) is 17.8 Å². The van der Waals surface area contributed by atoms with Gasteiger partial charge in [-0.05, 0) is 30.7 Å². The summed E-state index contributed by atoms with van der Waals surface area (Å²) >= 11 is 0. The van der Waals surface area contributed by atoms with E-state index in [0.717, 1.165) is 23.8 Å². The van der Waals surface area contributed by atoms with Crippen LogP contribution in [0.1, 0.15) is 21.7 Å². The predicted molar refractivity (Wildman–Crippen MR) is 97.6 cm³/mol. The molecular formula is C20H17F2N3O3. The maximum Gasteiger partial charge on any atom is 0.252 e. The van der Waals surface area contributed by atoms with Gasteiger partial charge in [-0.3, -0.25) is 9.59 Å². The second kappa shape index (κ2) is 8.43. The number of rotatable bonds is 6. The van der Waals surface area contributed by atoms with Crippen molar-refractivity contribution in [2.75, 3.05) is 5.32 Å². The molecule has 0 saturated heterocycles. The van der Waals surface area contributed by atoms with E-state index >= 15 is 0 Å². The normalized spacial score (nSPS) is 11.7. The van der Waals surface area contributed by atoms with Crippen molar-refractivity contribution in [1.29, 1.82) is 0 Å². The molecule has 0 saturated carbocycles. The van der Waals surface area contributed by atoms with Crippen LogP contribution in [0.15, 0.2) is 59.1 Å². The van der Waals surface area contributed by atoms with Gasteiger partial charge in [0.25, 0.3) is 5.91 Å². The summed E-state index contributed by atoms with van der Waals surface area (Å²) in [6, 6.07) is 12.4. The molecule has 0 radical (unpaired) electrons. The Bertz CT molecular complexity index is 989. The van der Waals surface area contributed by atoms with Crippen LogP contribution in [0.2, 0.25) is 0 Å². The van der Waals surface area contributed by atoms with Gasteiger partial charge in [0.1, 0.15) is 11.8 Å².